The van der Waals surface area contributed by atoms with Crippen LogP contribution in [0.25, 0.3) is 11.3 Å². The maximum atomic E-state index is 9.28. The van der Waals surface area contributed by atoms with Crippen LogP contribution in [0.5, 0.6) is 0 Å². The topological polar surface area (TPSA) is 95.2 Å². The molecule has 0 unspecified atom stereocenters. The van der Waals surface area contributed by atoms with Gasteiger partial charge in [0.25, 0.3) is 0 Å². The third kappa shape index (κ3) is 6.32. The highest BCUT2D eigenvalue weighted by Crippen LogP contribution is 2.30. The first kappa shape index (κ1) is 23.4. The van der Waals surface area contributed by atoms with Gasteiger partial charge in [0, 0.05) is 16.2 Å². The van der Waals surface area contributed by atoms with E-state index in [0.29, 0.717) is 6.42 Å². The SMILES string of the molecule is CCc1ncc(-c2ccc(Sc3ccc(CCC(N)(CO)CO)cc3)cc2)[nH]1.Cl. The van der Waals surface area contributed by atoms with Crippen LogP contribution >= 0.6 is 24.2 Å². The zero-order valence-corrected chi connectivity index (χ0v) is 18.1. The quantitative estimate of drug-likeness (QED) is 0.411. The molecule has 0 atom stereocenters. The van der Waals surface area contributed by atoms with Gasteiger partial charge >= 0.3 is 0 Å². The maximum Gasteiger partial charge on any atom is 0.106 e. The number of nitrogens with one attached hydrogen (secondary N) is 1. The van der Waals surface area contributed by atoms with Gasteiger partial charge in [-0.2, -0.15) is 0 Å². The van der Waals surface area contributed by atoms with Crippen molar-refractivity contribution in [2.24, 2.45) is 5.73 Å². The van der Waals surface area contributed by atoms with Crippen molar-refractivity contribution < 1.29 is 10.2 Å². The third-order valence-corrected chi connectivity index (χ3v) is 5.84. The van der Waals surface area contributed by atoms with Crippen molar-refractivity contribution in [3.63, 3.8) is 0 Å². The number of hydrogen-bond acceptors (Lipinski definition) is 5. The summed E-state index contributed by atoms with van der Waals surface area (Å²) >= 11 is 1.71. The average Bonchev–Trinajstić information content (AvgIpc) is 3.23. The number of aromatic amines is 1. The van der Waals surface area contributed by atoms with Gasteiger partial charge in [-0.1, -0.05) is 43.0 Å². The van der Waals surface area contributed by atoms with Crippen LogP contribution in [0.1, 0.15) is 24.7 Å². The molecule has 0 saturated carbocycles. The number of benzene rings is 2. The molecule has 3 rings (SSSR count). The Morgan fingerprint density at radius 2 is 1.59 bits per heavy atom. The van der Waals surface area contributed by atoms with Gasteiger partial charge in [-0.15, -0.1) is 12.4 Å². The number of halogens is 1. The predicted octanol–water partition coefficient (Wildman–Crippen LogP) is 3.83. The maximum absolute atomic E-state index is 9.28. The lowest BCUT2D eigenvalue weighted by Gasteiger charge is -2.24. The van der Waals surface area contributed by atoms with Crippen molar-refractivity contribution in [3.05, 3.63) is 66.1 Å². The van der Waals surface area contributed by atoms with Crippen LogP contribution in [0.3, 0.4) is 0 Å². The van der Waals surface area contributed by atoms with Crippen LogP contribution < -0.4 is 5.73 Å². The zero-order valence-electron chi connectivity index (χ0n) is 16.5. The van der Waals surface area contributed by atoms with E-state index in [2.05, 4.69) is 65.4 Å². The molecule has 0 bridgehead atoms. The summed E-state index contributed by atoms with van der Waals surface area (Å²) in [4.78, 5) is 10.0. The molecule has 0 fully saturated rings. The molecule has 0 aliphatic rings. The lowest BCUT2D eigenvalue weighted by atomic mass is 9.94. The standard InChI is InChI=1S/C22H27N3O2S.ClH/c1-2-21-24-13-20(25-21)17-5-9-19(10-6-17)28-18-7-3-16(4-8-18)11-12-22(23,14-26)15-27;/h3-10,13,26-27H,2,11-12,14-15,23H2,1H3,(H,24,25);1H. The number of nitrogens with zero attached hydrogens (tertiary/aromatic N) is 1. The summed E-state index contributed by atoms with van der Waals surface area (Å²) in [6, 6.07) is 16.8. The van der Waals surface area contributed by atoms with E-state index in [4.69, 9.17) is 5.73 Å². The van der Waals surface area contributed by atoms with Crippen LogP contribution in [0, 0.1) is 0 Å². The van der Waals surface area contributed by atoms with Gasteiger partial charge in [0.15, 0.2) is 0 Å². The largest absolute Gasteiger partial charge is 0.394 e. The van der Waals surface area contributed by atoms with E-state index in [1.54, 1.807) is 11.8 Å². The Labute approximate surface area is 182 Å². The van der Waals surface area contributed by atoms with Gasteiger partial charge < -0.3 is 20.9 Å². The summed E-state index contributed by atoms with van der Waals surface area (Å²) in [5, 5.41) is 18.6. The lowest BCUT2D eigenvalue weighted by molar-refractivity contribution is 0.115. The molecule has 5 N–H and O–H groups in total. The average molecular weight is 434 g/mol. The highest BCUT2D eigenvalue weighted by molar-refractivity contribution is 7.99. The minimum absolute atomic E-state index is 0. The van der Waals surface area contributed by atoms with Gasteiger partial charge in [0.1, 0.15) is 5.82 Å². The van der Waals surface area contributed by atoms with Gasteiger partial charge in [0.05, 0.1) is 30.6 Å². The fourth-order valence-electron chi connectivity index (χ4n) is 2.85. The van der Waals surface area contributed by atoms with E-state index in [1.807, 2.05) is 6.20 Å². The molecule has 3 aromatic rings. The minimum Gasteiger partial charge on any atom is -0.394 e. The number of H-pyrrole nitrogens is 1. The predicted molar refractivity (Wildman–Crippen MR) is 121 cm³/mol. The van der Waals surface area contributed by atoms with Crippen LogP contribution in [0.4, 0.5) is 0 Å². The molecule has 0 amide bonds. The van der Waals surface area contributed by atoms with Crippen LogP contribution in [0.15, 0.2) is 64.5 Å². The van der Waals surface area contributed by atoms with E-state index < -0.39 is 5.54 Å². The Kier molecular flexibility index (Phi) is 8.74. The van der Waals surface area contributed by atoms with Crippen molar-refractivity contribution in [2.45, 2.75) is 41.5 Å². The lowest BCUT2D eigenvalue weighted by Crippen LogP contribution is -2.47. The Morgan fingerprint density at radius 3 is 2.10 bits per heavy atom. The molecule has 0 spiro atoms. The smallest absolute Gasteiger partial charge is 0.106 e. The number of nitrogens with two attached hydrogens (primary N) is 1. The summed E-state index contributed by atoms with van der Waals surface area (Å²) in [7, 11) is 0. The molecular formula is C22H28ClN3O2S. The molecule has 5 nitrogen and oxygen atoms in total. The minimum atomic E-state index is -0.915. The summed E-state index contributed by atoms with van der Waals surface area (Å²) < 4.78 is 0. The number of aryl methyl sites for hydroxylation is 2. The number of aliphatic hydroxyl groups excluding tert-OH is 2. The van der Waals surface area contributed by atoms with Crippen LogP contribution in [0.2, 0.25) is 0 Å². The van der Waals surface area contributed by atoms with E-state index in [9.17, 15) is 10.2 Å². The number of hydrogen-bond donors (Lipinski definition) is 4. The molecule has 0 radical (unpaired) electrons. The molecular weight excluding hydrogens is 406 g/mol. The normalized spacial score (nSPS) is 11.3. The number of aromatic nitrogens is 2. The van der Waals surface area contributed by atoms with Gasteiger partial charge in [-0.3, -0.25) is 0 Å². The van der Waals surface area contributed by atoms with Crippen molar-refractivity contribution in [2.75, 3.05) is 13.2 Å². The van der Waals surface area contributed by atoms with E-state index in [-0.39, 0.29) is 25.6 Å². The first-order chi connectivity index (χ1) is 13.5. The van der Waals surface area contributed by atoms with E-state index >= 15 is 0 Å². The Hall–Kier alpha value is -1.83. The van der Waals surface area contributed by atoms with Crippen LogP contribution in [-0.2, 0) is 12.8 Å². The third-order valence-electron chi connectivity index (χ3n) is 4.83. The monoisotopic (exact) mass is 433 g/mol. The highest BCUT2D eigenvalue weighted by atomic mass is 35.5. The summed E-state index contributed by atoms with van der Waals surface area (Å²) in [6.07, 6.45) is 4.04. The Bertz CT molecular complexity index is 878. The van der Waals surface area contributed by atoms with Crippen molar-refractivity contribution in [1.82, 2.24) is 9.97 Å². The highest BCUT2D eigenvalue weighted by Gasteiger charge is 2.22. The first-order valence-corrected chi connectivity index (χ1v) is 10.3. The number of imidazole rings is 1. The molecule has 156 valence electrons. The Morgan fingerprint density at radius 1 is 1.00 bits per heavy atom. The van der Waals surface area contributed by atoms with E-state index in [1.165, 1.54) is 4.90 Å². The Balaban J connectivity index is 0.00000300. The van der Waals surface area contributed by atoms with Gasteiger partial charge in [-0.25, -0.2) is 4.98 Å². The second-order valence-corrected chi connectivity index (χ2v) is 8.19. The molecule has 0 aliphatic heterocycles. The summed E-state index contributed by atoms with van der Waals surface area (Å²) in [5.74, 6) is 0.999. The van der Waals surface area contributed by atoms with Crippen molar-refractivity contribution in [3.8, 4) is 11.3 Å². The molecule has 1 aromatic heterocycles. The molecule has 1 heterocycles. The zero-order chi connectivity index (χ0) is 20.0. The van der Waals surface area contributed by atoms with Gasteiger partial charge in [0.2, 0.25) is 0 Å². The fraction of sp³-hybridized carbons (Fsp3) is 0.318. The summed E-state index contributed by atoms with van der Waals surface area (Å²) in [5.41, 5.74) is 8.33. The molecule has 7 heteroatoms. The van der Waals surface area contributed by atoms with Crippen LogP contribution in [-0.4, -0.2) is 38.9 Å². The first-order valence-electron chi connectivity index (χ1n) is 9.47. The molecule has 2 aromatic carbocycles. The second-order valence-electron chi connectivity index (χ2n) is 7.05. The molecule has 0 aliphatic carbocycles. The second kappa shape index (κ2) is 10.8. The fourth-order valence-corrected chi connectivity index (χ4v) is 3.67. The molecule has 0 saturated heterocycles. The van der Waals surface area contributed by atoms with Crippen molar-refractivity contribution >= 4 is 24.2 Å². The van der Waals surface area contributed by atoms with Crippen molar-refractivity contribution in [1.29, 1.82) is 0 Å². The van der Waals surface area contributed by atoms with Gasteiger partial charge in [-0.05, 0) is 48.2 Å². The summed E-state index contributed by atoms with van der Waals surface area (Å²) in [6.45, 7) is 1.65. The number of aliphatic hydroxyl groups is 2. The number of rotatable bonds is 9. The molecule has 29 heavy (non-hydrogen) atoms. The van der Waals surface area contributed by atoms with E-state index in [0.717, 1.165) is 40.4 Å².